The second-order valence-corrected chi connectivity index (χ2v) is 9.71. The van der Waals surface area contributed by atoms with E-state index < -0.39 is 5.91 Å². The van der Waals surface area contributed by atoms with Gasteiger partial charge in [0.2, 0.25) is 0 Å². The molecule has 1 aliphatic rings. The van der Waals surface area contributed by atoms with Gasteiger partial charge in [-0.25, -0.2) is 0 Å². The molecule has 8 heteroatoms. The summed E-state index contributed by atoms with van der Waals surface area (Å²) < 4.78 is 5.30. The monoisotopic (exact) mass is 472 g/mol. The molecular formula is C26H28N6OS. The molecule has 0 spiro atoms. The number of hydrogen-bond donors (Lipinski definition) is 3. The zero-order chi connectivity index (χ0) is 23.5. The van der Waals surface area contributed by atoms with Crippen LogP contribution in [-0.2, 0) is 0 Å². The highest BCUT2D eigenvalue weighted by atomic mass is 32.2. The number of rotatable bonds is 7. The number of hydrogen-bond acceptors (Lipinski definition) is 6. The van der Waals surface area contributed by atoms with Crippen LogP contribution >= 0.6 is 11.9 Å². The fourth-order valence-corrected chi connectivity index (χ4v) is 5.15. The van der Waals surface area contributed by atoms with E-state index in [1.807, 2.05) is 53.2 Å². The molecule has 2 aromatic heterocycles. The second-order valence-electron chi connectivity index (χ2n) is 8.83. The van der Waals surface area contributed by atoms with E-state index in [0.29, 0.717) is 23.3 Å². The molecule has 1 amide bonds. The number of benzene rings is 2. The molecule has 1 saturated carbocycles. The molecule has 0 bridgehead atoms. The molecule has 2 unspecified atom stereocenters. The van der Waals surface area contributed by atoms with Crippen molar-refractivity contribution in [1.82, 2.24) is 14.8 Å². The third-order valence-corrected chi connectivity index (χ3v) is 7.26. The van der Waals surface area contributed by atoms with Crippen molar-refractivity contribution >= 4 is 46.0 Å². The predicted octanol–water partition coefficient (Wildman–Crippen LogP) is 6.14. The van der Waals surface area contributed by atoms with Gasteiger partial charge in [0.05, 0.1) is 11.6 Å². The van der Waals surface area contributed by atoms with Crippen molar-refractivity contribution in [1.29, 1.82) is 0 Å². The first kappa shape index (κ1) is 22.3. The topological polar surface area (TPSA) is 97.9 Å². The lowest BCUT2D eigenvalue weighted by Crippen LogP contribution is -2.21. The van der Waals surface area contributed by atoms with Gasteiger partial charge in [0.1, 0.15) is 5.56 Å². The van der Waals surface area contributed by atoms with E-state index in [1.165, 1.54) is 31.2 Å². The van der Waals surface area contributed by atoms with Crippen LogP contribution in [0.2, 0.25) is 0 Å². The van der Waals surface area contributed by atoms with Gasteiger partial charge in [-0.2, -0.15) is 5.10 Å². The Hall–Kier alpha value is -3.52. The Kier molecular flexibility index (Phi) is 6.40. The SMILES string of the molecule is CC1CCCCC1n1cc(C(N)=O)c(Nc2ccc(SNc3ccc4cccnc4c3)cc2)n1. The molecule has 0 aliphatic heterocycles. The summed E-state index contributed by atoms with van der Waals surface area (Å²) in [6, 6.07) is 18.4. The normalized spacial score (nSPS) is 18.0. The van der Waals surface area contributed by atoms with E-state index in [4.69, 9.17) is 10.8 Å². The predicted molar refractivity (Wildman–Crippen MR) is 138 cm³/mol. The van der Waals surface area contributed by atoms with E-state index in [0.717, 1.165) is 33.6 Å². The molecule has 174 valence electrons. The van der Waals surface area contributed by atoms with Crippen LogP contribution in [-0.4, -0.2) is 20.7 Å². The Morgan fingerprint density at radius 3 is 2.68 bits per heavy atom. The largest absolute Gasteiger partial charge is 0.365 e. The first-order valence-electron chi connectivity index (χ1n) is 11.6. The molecule has 2 atom stereocenters. The number of carbonyl (C=O) groups excluding carboxylic acids is 1. The summed E-state index contributed by atoms with van der Waals surface area (Å²) in [7, 11) is 0. The van der Waals surface area contributed by atoms with E-state index in [1.54, 1.807) is 12.4 Å². The van der Waals surface area contributed by atoms with Gasteiger partial charge in [-0.1, -0.05) is 31.9 Å². The second kappa shape index (κ2) is 9.77. The highest BCUT2D eigenvalue weighted by molar-refractivity contribution is 8.00. The standard InChI is InChI=1S/C26H28N6OS/c1-17-5-2-3-7-24(17)32-16-22(25(27)33)26(30-32)29-19-10-12-21(13-11-19)34-31-20-9-8-18-6-4-14-28-23(18)15-20/h4,6,8-17,24,31H,2-3,5,7H2,1H3,(H2,27,33)(H,29,30). The number of carbonyl (C=O) groups is 1. The van der Waals surface area contributed by atoms with Crippen LogP contribution in [0.3, 0.4) is 0 Å². The van der Waals surface area contributed by atoms with Crippen molar-refractivity contribution < 1.29 is 4.79 Å². The fourth-order valence-electron chi connectivity index (χ4n) is 4.51. The van der Waals surface area contributed by atoms with Crippen molar-refractivity contribution in [3.8, 4) is 0 Å². The van der Waals surface area contributed by atoms with E-state index in [2.05, 4.69) is 28.0 Å². The number of nitrogens with one attached hydrogen (secondary N) is 2. The summed E-state index contributed by atoms with van der Waals surface area (Å²) >= 11 is 1.53. The van der Waals surface area contributed by atoms with Crippen molar-refractivity contribution in [2.75, 3.05) is 10.0 Å². The zero-order valence-electron chi connectivity index (χ0n) is 19.1. The summed E-state index contributed by atoms with van der Waals surface area (Å²) in [6.45, 7) is 2.25. The van der Waals surface area contributed by atoms with Crippen LogP contribution in [0.1, 0.15) is 49.0 Å². The van der Waals surface area contributed by atoms with Gasteiger partial charge in [-0.05, 0) is 73.2 Å². The minimum Gasteiger partial charge on any atom is -0.365 e. The number of nitrogens with two attached hydrogens (primary N) is 1. The molecule has 1 aliphatic carbocycles. The Morgan fingerprint density at radius 1 is 1.09 bits per heavy atom. The lowest BCUT2D eigenvalue weighted by molar-refractivity contribution is 0.100. The molecule has 2 aromatic carbocycles. The Labute approximate surface area is 203 Å². The number of anilines is 3. The zero-order valence-corrected chi connectivity index (χ0v) is 19.9. The molecule has 4 N–H and O–H groups in total. The Balaban J connectivity index is 1.26. The van der Waals surface area contributed by atoms with Gasteiger partial charge in [0.15, 0.2) is 5.82 Å². The molecule has 4 aromatic rings. The fraction of sp³-hybridized carbons (Fsp3) is 0.269. The molecule has 1 fully saturated rings. The minimum atomic E-state index is -0.474. The van der Waals surface area contributed by atoms with E-state index in [9.17, 15) is 4.79 Å². The molecule has 34 heavy (non-hydrogen) atoms. The molecular weight excluding hydrogens is 444 g/mol. The lowest BCUT2D eigenvalue weighted by Gasteiger charge is -2.28. The molecule has 0 saturated heterocycles. The van der Waals surface area contributed by atoms with Gasteiger partial charge < -0.3 is 15.8 Å². The lowest BCUT2D eigenvalue weighted by atomic mass is 9.86. The molecule has 7 nitrogen and oxygen atoms in total. The van der Waals surface area contributed by atoms with Crippen molar-refractivity contribution in [3.63, 3.8) is 0 Å². The number of fused-ring (bicyclic) bond motifs is 1. The van der Waals surface area contributed by atoms with Crippen molar-refractivity contribution in [2.45, 2.75) is 43.5 Å². The third-order valence-electron chi connectivity index (χ3n) is 6.41. The van der Waals surface area contributed by atoms with Gasteiger partial charge in [-0.15, -0.1) is 0 Å². The average molecular weight is 473 g/mol. The van der Waals surface area contributed by atoms with Gasteiger partial charge >= 0.3 is 0 Å². The maximum atomic E-state index is 12.1. The van der Waals surface area contributed by atoms with Gasteiger partial charge in [-0.3, -0.25) is 14.5 Å². The van der Waals surface area contributed by atoms with Crippen LogP contribution < -0.4 is 15.8 Å². The smallest absolute Gasteiger partial charge is 0.254 e. The Morgan fingerprint density at radius 2 is 1.88 bits per heavy atom. The number of pyridine rings is 1. The van der Waals surface area contributed by atoms with Gasteiger partial charge in [0.25, 0.3) is 5.91 Å². The molecule has 5 rings (SSSR count). The highest BCUT2D eigenvalue weighted by Gasteiger charge is 2.26. The minimum absolute atomic E-state index is 0.303. The summed E-state index contributed by atoms with van der Waals surface area (Å²) in [5.41, 5.74) is 8.87. The summed E-state index contributed by atoms with van der Waals surface area (Å²) in [5.74, 6) is 0.565. The maximum Gasteiger partial charge on any atom is 0.254 e. The number of aromatic nitrogens is 3. The summed E-state index contributed by atoms with van der Waals surface area (Å²) in [5, 5.41) is 9.10. The number of amides is 1. The first-order chi connectivity index (χ1) is 16.6. The first-order valence-corrected chi connectivity index (χ1v) is 12.4. The van der Waals surface area contributed by atoms with Crippen LogP contribution in [0.15, 0.2) is 71.9 Å². The Bertz CT molecular complexity index is 1300. The van der Waals surface area contributed by atoms with Crippen molar-refractivity contribution in [3.05, 3.63) is 72.6 Å². The number of nitrogens with zero attached hydrogens (tertiary/aromatic N) is 3. The average Bonchev–Trinajstić information content (AvgIpc) is 3.27. The molecule has 0 radical (unpaired) electrons. The molecule has 2 heterocycles. The third kappa shape index (κ3) is 4.87. The van der Waals surface area contributed by atoms with Gasteiger partial charge in [0, 0.05) is 34.1 Å². The van der Waals surface area contributed by atoms with Crippen LogP contribution in [0.5, 0.6) is 0 Å². The summed E-state index contributed by atoms with van der Waals surface area (Å²) in [6.07, 6.45) is 8.29. The quantitative estimate of drug-likeness (QED) is 0.279. The van der Waals surface area contributed by atoms with Crippen LogP contribution in [0.4, 0.5) is 17.2 Å². The highest BCUT2D eigenvalue weighted by Crippen LogP contribution is 2.34. The van der Waals surface area contributed by atoms with E-state index in [-0.39, 0.29) is 0 Å². The van der Waals surface area contributed by atoms with Crippen molar-refractivity contribution in [2.24, 2.45) is 11.7 Å². The summed E-state index contributed by atoms with van der Waals surface area (Å²) in [4.78, 5) is 17.5. The van der Waals surface area contributed by atoms with E-state index >= 15 is 0 Å². The number of primary amides is 1. The van der Waals surface area contributed by atoms with Crippen LogP contribution in [0, 0.1) is 5.92 Å². The maximum absolute atomic E-state index is 12.1. The van der Waals surface area contributed by atoms with Crippen LogP contribution in [0.25, 0.3) is 10.9 Å².